The number of halogens is 3. The van der Waals surface area contributed by atoms with E-state index in [0.29, 0.717) is 49.9 Å². The molecule has 10 nitrogen and oxygen atoms in total. The standard InChI is InChI=1S/C32H40F3N5O5/c1-38(15-6-4-3-5-7-29(41)42)16-18-45-20-19-44-17-14-36-31(43)23-8-13-28-26(21-23)27-22-39(2)37-30(27)40(28)25-11-9-24(10-12-25)32(33,34)35/h8-13,21-22H,3-7,14-20H2,1-2H3,(H,36,43)(H,41,42). The minimum Gasteiger partial charge on any atom is -0.481 e. The Hall–Kier alpha value is -3.94. The van der Waals surface area contributed by atoms with Crippen molar-refractivity contribution in [1.29, 1.82) is 0 Å². The van der Waals surface area contributed by atoms with Crippen molar-refractivity contribution in [2.24, 2.45) is 7.05 Å². The van der Waals surface area contributed by atoms with Crippen LogP contribution in [0.1, 0.15) is 48.0 Å². The van der Waals surface area contributed by atoms with E-state index >= 15 is 0 Å². The maximum atomic E-state index is 13.1. The Labute approximate surface area is 259 Å². The zero-order valence-corrected chi connectivity index (χ0v) is 25.6. The van der Waals surface area contributed by atoms with Crippen LogP contribution in [0.5, 0.6) is 0 Å². The third-order valence-electron chi connectivity index (χ3n) is 7.47. The molecule has 0 aliphatic carbocycles. The lowest BCUT2D eigenvalue weighted by Gasteiger charge is -2.16. The number of carboxylic acids is 1. The lowest BCUT2D eigenvalue weighted by atomic mass is 10.1. The van der Waals surface area contributed by atoms with E-state index in [1.165, 1.54) is 12.1 Å². The molecular formula is C32H40F3N5O5. The van der Waals surface area contributed by atoms with Crippen molar-refractivity contribution in [2.45, 2.75) is 38.3 Å². The number of benzene rings is 2. The molecule has 0 unspecified atom stereocenters. The number of carbonyl (C=O) groups excluding carboxylic acids is 1. The van der Waals surface area contributed by atoms with Gasteiger partial charge in [0.05, 0.1) is 37.5 Å². The molecule has 4 rings (SSSR count). The summed E-state index contributed by atoms with van der Waals surface area (Å²) in [6.45, 7) is 3.84. The maximum absolute atomic E-state index is 13.1. The second kappa shape index (κ2) is 15.9. The molecule has 2 N–H and O–H groups in total. The number of hydrogen-bond acceptors (Lipinski definition) is 6. The molecule has 2 aromatic carbocycles. The van der Waals surface area contributed by atoms with Gasteiger partial charge >= 0.3 is 12.1 Å². The molecule has 0 fully saturated rings. The number of fused-ring (bicyclic) bond motifs is 3. The van der Waals surface area contributed by atoms with E-state index in [1.54, 1.807) is 34.5 Å². The number of hydrogen-bond donors (Lipinski definition) is 2. The fraction of sp³-hybridized carbons (Fsp3) is 0.469. The van der Waals surface area contributed by atoms with Gasteiger partial charge in [0.2, 0.25) is 0 Å². The van der Waals surface area contributed by atoms with Gasteiger partial charge in [-0.15, -0.1) is 0 Å². The summed E-state index contributed by atoms with van der Waals surface area (Å²) in [7, 11) is 3.80. The van der Waals surface area contributed by atoms with Crippen LogP contribution in [0.2, 0.25) is 0 Å². The second-order valence-corrected chi connectivity index (χ2v) is 11.0. The molecule has 0 bridgehead atoms. The van der Waals surface area contributed by atoms with E-state index in [0.717, 1.165) is 67.2 Å². The van der Waals surface area contributed by atoms with Gasteiger partial charge in [0.15, 0.2) is 5.65 Å². The van der Waals surface area contributed by atoms with Crippen LogP contribution in [0.25, 0.3) is 27.6 Å². The molecule has 0 saturated heterocycles. The Morgan fingerprint density at radius 1 is 0.933 bits per heavy atom. The molecule has 0 atom stereocenters. The van der Waals surface area contributed by atoms with Crippen molar-refractivity contribution < 1.29 is 37.3 Å². The number of nitrogens with one attached hydrogen (secondary N) is 1. The van der Waals surface area contributed by atoms with E-state index < -0.39 is 17.7 Å². The van der Waals surface area contributed by atoms with E-state index in [9.17, 15) is 22.8 Å². The van der Waals surface area contributed by atoms with Crippen LogP contribution < -0.4 is 5.32 Å². The van der Waals surface area contributed by atoms with E-state index in [1.807, 2.05) is 13.2 Å². The van der Waals surface area contributed by atoms with Crippen LogP contribution in [0.15, 0.2) is 48.7 Å². The van der Waals surface area contributed by atoms with Crippen LogP contribution in [-0.4, -0.2) is 89.3 Å². The Bertz CT molecular complexity index is 1570. The summed E-state index contributed by atoms with van der Waals surface area (Å²) in [5.74, 6) is -1.00. The molecule has 0 saturated carbocycles. The first kappa shape index (κ1) is 33.9. The average molecular weight is 632 g/mol. The van der Waals surface area contributed by atoms with Crippen molar-refractivity contribution in [1.82, 2.24) is 24.6 Å². The van der Waals surface area contributed by atoms with Gasteiger partial charge in [-0.05, 0) is 68.9 Å². The van der Waals surface area contributed by atoms with Gasteiger partial charge in [-0.1, -0.05) is 12.8 Å². The van der Waals surface area contributed by atoms with Gasteiger partial charge < -0.3 is 24.8 Å². The lowest BCUT2D eigenvalue weighted by Crippen LogP contribution is -2.28. The molecule has 13 heteroatoms. The largest absolute Gasteiger partial charge is 0.481 e. The first-order chi connectivity index (χ1) is 21.5. The summed E-state index contributed by atoms with van der Waals surface area (Å²) < 4.78 is 53.9. The number of aliphatic carboxylic acids is 1. The number of rotatable bonds is 18. The maximum Gasteiger partial charge on any atom is 0.416 e. The molecule has 1 amide bonds. The number of aryl methyl sites for hydroxylation is 1. The number of nitrogens with zero attached hydrogens (tertiary/aromatic N) is 4. The van der Waals surface area contributed by atoms with Gasteiger partial charge in [0.25, 0.3) is 5.91 Å². The Kier molecular flexibility index (Phi) is 12.0. The molecule has 2 aromatic heterocycles. The van der Waals surface area contributed by atoms with Gasteiger partial charge in [-0.3, -0.25) is 18.8 Å². The zero-order chi connectivity index (χ0) is 32.4. The van der Waals surface area contributed by atoms with Crippen molar-refractivity contribution >= 4 is 33.8 Å². The predicted octanol–water partition coefficient (Wildman–Crippen LogP) is 5.27. The topological polar surface area (TPSA) is 111 Å². The average Bonchev–Trinajstić information content (AvgIpc) is 3.51. The smallest absolute Gasteiger partial charge is 0.416 e. The molecule has 45 heavy (non-hydrogen) atoms. The zero-order valence-electron chi connectivity index (χ0n) is 25.6. The number of ether oxygens (including phenoxy) is 2. The third kappa shape index (κ3) is 9.52. The summed E-state index contributed by atoms with van der Waals surface area (Å²) in [5, 5.41) is 17.6. The fourth-order valence-corrected chi connectivity index (χ4v) is 5.10. The SMILES string of the molecule is CN(CCCCCCC(=O)O)CCOCCOCCNC(=O)c1ccc2c(c1)c1cn(C)nc1n2-c1ccc(C(F)(F)F)cc1. The van der Waals surface area contributed by atoms with Crippen LogP contribution in [0, 0.1) is 0 Å². The predicted molar refractivity (Wildman–Crippen MR) is 165 cm³/mol. The van der Waals surface area contributed by atoms with Gasteiger partial charge in [0, 0.05) is 54.8 Å². The lowest BCUT2D eigenvalue weighted by molar-refractivity contribution is -0.138. The number of carbonyl (C=O) groups is 2. The number of amides is 1. The summed E-state index contributed by atoms with van der Waals surface area (Å²) in [6, 6.07) is 10.1. The van der Waals surface area contributed by atoms with Crippen molar-refractivity contribution in [3.63, 3.8) is 0 Å². The Morgan fingerprint density at radius 2 is 1.64 bits per heavy atom. The molecular weight excluding hydrogens is 591 g/mol. The first-order valence-electron chi connectivity index (χ1n) is 15.0. The second-order valence-electron chi connectivity index (χ2n) is 11.0. The quantitative estimate of drug-likeness (QED) is 0.144. The van der Waals surface area contributed by atoms with Crippen LogP contribution >= 0.6 is 0 Å². The monoisotopic (exact) mass is 631 g/mol. The highest BCUT2D eigenvalue weighted by Gasteiger charge is 2.30. The van der Waals surface area contributed by atoms with Crippen LogP contribution in [0.3, 0.4) is 0 Å². The molecule has 0 radical (unpaired) electrons. The summed E-state index contributed by atoms with van der Waals surface area (Å²) in [5.41, 5.74) is 1.57. The Morgan fingerprint density at radius 3 is 2.36 bits per heavy atom. The highest BCUT2D eigenvalue weighted by molar-refractivity contribution is 6.10. The van der Waals surface area contributed by atoms with Crippen LogP contribution in [-0.2, 0) is 27.5 Å². The van der Waals surface area contributed by atoms with Crippen LogP contribution in [0.4, 0.5) is 13.2 Å². The van der Waals surface area contributed by atoms with Gasteiger partial charge in [-0.2, -0.15) is 18.3 Å². The van der Waals surface area contributed by atoms with E-state index in [2.05, 4.69) is 15.3 Å². The summed E-state index contributed by atoms with van der Waals surface area (Å²) in [4.78, 5) is 25.6. The van der Waals surface area contributed by atoms with Crippen molar-refractivity contribution in [3.8, 4) is 5.69 Å². The normalized spacial score (nSPS) is 12.0. The highest BCUT2D eigenvalue weighted by Crippen LogP contribution is 2.34. The highest BCUT2D eigenvalue weighted by atomic mass is 19.4. The first-order valence-corrected chi connectivity index (χ1v) is 15.0. The Balaban J connectivity index is 1.19. The summed E-state index contributed by atoms with van der Waals surface area (Å²) in [6.07, 6.45) is 1.34. The van der Waals surface area contributed by atoms with Crippen molar-refractivity contribution in [2.75, 3.05) is 53.1 Å². The van der Waals surface area contributed by atoms with Gasteiger partial charge in [0.1, 0.15) is 0 Å². The molecule has 0 aliphatic rings. The van der Waals surface area contributed by atoms with Crippen molar-refractivity contribution in [3.05, 3.63) is 59.8 Å². The number of unbranched alkanes of at least 4 members (excludes halogenated alkanes) is 3. The number of likely N-dealkylation sites (N-methyl/N-ethyl adjacent to an activating group) is 1. The molecule has 244 valence electrons. The fourth-order valence-electron chi connectivity index (χ4n) is 5.10. The minimum atomic E-state index is -4.43. The number of alkyl halides is 3. The van der Waals surface area contributed by atoms with Gasteiger partial charge in [-0.25, -0.2) is 0 Å². The molecule has 0 spiro atoms. The minimum absolute atomic E-state index is 0.235. The molecule has 4 aromatic rings. The van der Waals surface area contributed by atoms with E-state index in [-0.39, 0.29) is 12.3 Å². The molecule has 0 aliphatic heterocycles. The molecule has 2 heterocycles. The number of carboxylic acid groups (broad SMARTS) is 1. The summed E-state index contributed by atoms with van der Waals surface area (Å²) >= 11 is 0. The third-order valence-corrected chi connectivity index (χ3v) is 7.47. The number of aromatic nitrogens is 3. The van der Waals surface area contributed by atoms with E-state index in [4.69, 9.17) is 14.6 Å².